The second-order valence-corrected chi connectivity index (χ2v) is 6.87. The first-order valence-corrected chi connectivity index (χ1v) is 7.81. The molecule has 0 bridgehead atoms. The zero-order valence-electron chi connectivity index (χ0n) is 15.2. The molecule has 0 spiro atoms. The number of amides is 2. The molecule has 0 heterocycles. The Kier molecular flexibility index (Phi) is 6.51. The van der Waals surface area contributed by atoms with E-state index in [0.717, 1.165) is 5.56 Å². The maximum Gasteiger partial charge on any atom is 0.326 e. The fraction of sp³-hybridized carbons (Fsp3) is 0.500. The highest BCUT2D eigenvalue weighted by Crippen LogP contribution is 2.22. The minimum Gasteiger partial charge on any atom is -0.451 e. The van der Waals surface area contributed by atoms with Crippen molar-refractivity contribution in [2.45, 2.75) is 39.2 Å². The maximum atomic E-state index is 12.0. The standard InChI is InChI=1S/C18H26N2O4/c1-12(17(23)20(5)6)24-15(21)11-19-16(22)13-7-9-14(10-8-13)18(2,3)4/h7-10,12H,11H2,1-6H3,(H,19,22)/t12-/m0/s1. The van der Waals surface area contributed by atoms with Crippen LogP contribution in [0.25, 0.3) is 0 Å². The summed E-state index contributed by atoms with van der Waals surface area (Å²) in [6, 6.07) is 7.23. The molecule has 1 atom stereocenters. The van der Waals surface area contributed by atoms with Gasteiger partial charge in [-0.2, -0.15) is 0 Å². The molecule has 0 aliphatic carbocycles. The van der Waals surface area contributed by atoms with Gasteiger partial charge in [0.25, 0.3) is 11.8 Å². The third kappa shape index (κ3) is 5.68. The zero-order chi connectivity index (χ0) is 18.5. The highest BCUT2D eigenvalue weighted by molar-refractivity contribution is 5.96. The lowest BCUT2D eigenvalue weighted by Gasteiger charge is -2.19. The lowest BCUT2D eigenvalue weighted by atomic mass is 9.87. The molecule has 6 heteroatoms. The SMILES string of the molecule is C[C@H](OC(=O)CNC(=O)c1ccc(C(C)(C)C)cc1)C(=O)N(C)C. The Morgan fingerprint density at radius 1 is 1.12 bits per heavy atom. The van der Waals surface area contributed by atoms with Gasteiger partial charge in [0, 0.05) is 19.7 Å². The number of likely N-dealkylation sites (N-methyl/N-ethyl adjacent to an activating group) is 1. The number of carbonyl (C=O) groups excluding carboxylic acids is 3. The summed E-state index contributed by atoms with van der Waals surface area (Å²) in [5, 5.41) is 2.49. The van der Waals surface area contributed by atoms with E-state index in [4.69, 9.17) is 4.74 Å². The molecular formula is C18H26N2O4. The molecule has 0 aromatic heterocycles. The highest BCUT2D eigenvalue weighted by atomic mass is 16.5. The van der Waals surface area contributed by atoms with Crippen LogP contribution in [0.5, 0.6) is 0 Å². The van der Waals surface area contributed by atoms with Crippen LogP contribution in [0.4, 0.5) is 0 Å². The summed E-state index contributed by atoms with van der Waals surface area (Å²) in [5.74, 6) is -1.33. The second-order valence-electron chi connectivity index (χ2n) is 6.87. The van der Waals surface area contributed by atoms with E-state index in [1.807, 2.05) is 12.1 Å². The van der Waals surface area contributed by atoms with Gasteiger partial charge in [-0.1, -0.05) is 32.9 Å². The quantitative estimate of drug-likeness (QED) is 0.832. The van der Waals surface area contributed by atoms with Crippen LogP contribution in [0.3, 0.4) is 0 Å². The summed E-state index contributed by atoms with van der Waals surface area (Å²) in [6.45, 7) is 7.48. The van der Waals surface area contributed by atoms with E-state index in [2.05, 4.69) is 26.1 Å². The molecule has 0 fully saturated rings. The van der Waals surface area contributed by atoms with Gasteiger partial charge in [0.15, 0.2) is 6.10 Å². The Bertz CT molecular complexity index is 600. The Hall–Kier alpha value is -2.37. The normalized spacial score (nSPS) is 12.2. The van der Waals surface area contributed by atoms with Crippen LogP contribution in [-0.4, -0.2) is 49.4 Å². The van der Waals surface area contributed by atoms with E-state index >= 15 is 0 Å². The van der Waals surface area contributed by atoms with Crippen LogP contribution in [0, 0.1) is 0 Å². The number of hydrogen-bond donors (Lipinski definition) is 1. The fourth-order valence-corrected chi connectivity index (χ4v) is 2.03. The molecule has 6 nitrogen and oxygen atoms in total. The smallest absolute Gasteiger partial charge is 0.326 e. The van der Waals surface area contributed by atoms with Gasteiger partial charge in [0.2, 0.25) is 0 Å². The van der Waals surface area contributed by atoms with E-state index in [1.54, 1.807) is 26.2 Å². The van der Waals surface area contributed by atoms with E-state index in [-0.39, 0.29) is 23.8 Å². The minimum atomic E-state index is -0.879. The molecule has 2 amide bonds. The summed E-state index contributed by atoms with van der Waals surface area (Å²) in [5.41, 5.74) is 1.59. The number of ether oxygens (including phenoxy) is 1. The summed E-state index contributed by atoms with van der Waals surface area (Å²) >= 11 is 0. The van der Waals surface area contributed by atoms with Gasteiger partial charge in [-0.3, -0.25) is 14.4 Å². The summed E-state index contributed by atoms with van der Waals surface area (Å²) < 4.78 is 4.98. The van der Waals surface area contributed by atoms with Gasteiger partial charge in [-0.15, -0.1) is 0 Å². The number of hydrogen-bond acceptors (Lipinski definition) is 4. The van der Waals surface area contributed by atoms with E-state index in [9.17, 15) is 14.4 Å². The minimum absolute atomic E-state index is 0.00786. The van der Waals surface area contributed by atoms with Crippen molar-refractivity contribution in [2.75, 3.05) is 20.6 Å². The molecule has 0 radical (unpaired) electrons. The zero-order valence-corrected chi connectivity index (χ0v) is 15.2. The van der Waals surface area contributed by atoms with Gasteiger partial charge in [-0.05, 0) is 30.0 Å². The van der Waals surface area contributed by atoms with Crippen LogP contribution >= 0.6 is 0 Å². The molecule has 0 aliphatic rings. The van der Waals surface area contributed by atoms with Crippen molar-refractivity contribution in [1.82, 2.24) is 10.2 Å². The molecule has 0 unspecified atom stereocenters. The molecule has 1 N–H and O–H groups in total. The summed E-state index contributed by atoms with van der Waals surface area (Å²) in [7, 11) is 3.16. The first-order chi connectivity index (χ1) is 11.0. The van der Waals surface area contributed by atoms with Gasteiger partial charge < -0.3 is 15.0 Å². The van der Waals surface area contributed by atoms with Crippen molar-refractivity contribution in [3.05, 3.63) is 35.4 Å². The Morgan fingerprint density at radius 3 is 2.12 bits per heavy atom. The van der Waals surface area contributed by atoms with Gasteiger partial charge in [0.05, 0.1) is 0 Å². The molecule has 0 saturated carbocycles. The molecule has 132 valence electrons. The van der Waals surface area contributed by atoms with Crippen LogP contribution in [0.15, 0.2) is 24.3 Å². The van der Waals surface area contributed by atoms with Crippen molar-refractivity contribution in [1.29, 1.82) is 0 Å². The average Bonchev–Trinajstić information content (AvgIpc) is 2.50. The van der Waals surface area contributed by atoms with Crippen LogP contribution in [-0.2, 0) is 19.7 Å². The van der Waals surface area contributed by atoms with Crippen LogP contribution < -0.4 is 5.32 Å². The Labute approximate surface area is 143 Å². The largest absolute Gasteiger partial charge is 0.451 e. The lowest BCUT2D eigenvalue weighted by Crippen LogP contribution is -2.38. The molecule has 1 aromatic carbocycles. The topological polar surface area (TPSA) is 75.7 Å². The van der Waals surface area contributed by atoms with Crippen molar-refractivity contribution in [3.8, 4) is 0 Å². The van der Waals surface area contributed by atoms with Gasteiger partial charge in [-0.25, -0.2) is 0 Å². The highest BCUT2D eigenvalue weighted by Gasteiger charge is 2.20. The number of carbonyl (C=O) groups is 3. The molecule has 0 saturated heterocycles. The van der Waals surface area contributed by atoms with Crippen LogP contribution in [0.2, 0.25) is 0 Å². The number of nitrogens with one attached hydrogen (secondary N) is 1. The van der Waals surface area contributed by atoms with Gasteiger partial charge in [0.1, 0.15) is 6.54 Å². The number of esters is 1. The predicted molar refractivity (Wildman–Crippen MR) is 91.7 cm³/mol. The average molecular weight is 334 g/mol. The van der Waals surface area contributed by atoms with E-state index in [1.165, 1.54) is 11.8 Å². The maximum absolute atomic E-state index is 12.0. The molecule has 24 heavy (non-hydrogen) atoms. The van der Waals surface area contributed by atoms with E-state index < -0.39 is 12.1 Å². The molecule has 1 aromatic rings. The van der Waals surface area contributed by atoms with Crippen molar-refractivity contribution < 1.29 is 19.1 Å². The Morgan fingerprint density at radius 2 is 1.67 bits per heavy atom. The molecule has 1 rings (SSSR count). The molecular weight excluding hydrogens is 308 g/mol. The number of rotatable bonds is 5. The monoisotopic (exact) mass is 334 g/mol. The van der Waals surface area contributed by atoms with Crippen molar-refractivity contribution >= 4 is 17.8 Å². The van der Waals surface area contributed by atoms with Crippen molar-refractivity contribution in [3.63, 3.8) is 0 Å². The summed E-state index contributed by atoms with van der Waals surface area (Å²) in [6.07, 6.45) is -0.879. The first kappa shape index (κ1) is 19.7. The number of benzene rings is 1. The predicted octanol–water partition coefficient (Wildman–Crippen LogP) is 1.73. The van der Waals surface area contributed by atoms with Crippen molar-refractivity contribution in [2.24, 2.45) is 0 Å². The van der Waals surface area contributed by atoms with Gasteiger partial charge >= 0.3 is 5.97 Å². The van der Waals surface area contributed by atoms with Crippen LogP contribution in [0.1, 0.15) is 43.6 Å². The van der Waals surface area contributed by atoms with E-state index in [0.29, 0.717) is 5.56 Å². The first-order valence-electron chi connectivity index (χ1n) is 7.81. The fourth-order valence-electron chi connectivity index (χ4n) is 2.03. The lowest BCUT2D eigenvalue weighted by molar-refractivity contribution is -0.157. The third-order valence-corrected chi connectivity index (χ3v) is 3.50. The second kappa shape index (κ2) is 7.95. The molecule has 0 aliphatic heterocycles. The third-order valence-electron chi connectivity index (χ3n) is 3.50. The Balaban J connectivity index is 2.54. The summed E-state index contributed by atoms with van der Waals surface area (Å²) in [4.78, 5) is 36.7. The number of nitrogens with zero attached hydrogens (tertiary/aromatic N) is 1.